The summed E-state index contributed by atoms with van der Waals surface area (Å²) in [6, 6.07) is 10.1. The maximum Gasteiger partial charge on any atom is 0.133 e. The number of hydrogen-bond donors (Lipinski definition) is 3. The Morgan fingerprint density at radius 3 is 2.78 bits per heavy atom. The minimum Gasteiger partial charge on any atom is -0.383 e. The van der Waals surface area contributed by atoms with E-state index in [2.05, 4.69) is 24.4 Å². The van der Waals surface area contributed by atoms with Crippen LogP contribution in [0.4, 0.5) is 11.4 Å². The molecule has 0 saturated carbocycles. The van der Waals surface area contributed by atoms with Gasteiger partial charge in [-0.3, -0.25) is 5.41 Å². The van der Waals surface area contributed by atoms with Crippen molar-refractivity contribution in [3.05, 3.63) is 40.8 Å². The van der Waals surface area contributed by atoms with Crippen molar-refractivity contribution in [2.45, 2.75) is 11.1 Å². The summed E-state index contributed by atoms with van der Waals surface area (Å²) in [6.07, 6.45) is 2.02. The first-order valence-corrected chi connectivity index (χ1v) is 7.50. The monoisotopic (exact) mass is 277 g/mol. The van der Waals surface area contributed by atoms with E-state index in [4.69, 9.17) is 11.1 Å². The van der Waals surface area contributed by atoms with Crippen LogP contribution in [-0.2, 0) is 0 Å². The first-order chi connectivity index (χ1) is 8.60. The van der Waals surface area contributed by atoms with Crippen LogP contribution in [-0.4, -0.2) is 12.1 Å². The van der Waals surface area contributed by atoms with Crippen LogP contribution >= 0.6 is 23.1 Å². The van der Waals surface area contributed by atoms with E-state index in [1.807, 2.05) is 24.5 Å². The van der Waals surface area contributed by atoms with E-state index < -0.39 is 0 Å². The van der Waals surface area contributed by atoms with E-state index in [1.54, 1.807) is 23.1 Å². The Balaban J connectivity index is 2.30. The number of thiophene rings is 1. The fourth-order valence-electron chi connectivity index (χ4n) is 1.62. The third-order valence-corrected chi connectivity index (χ3v) is 4.75. The Hall–Kier alpha value is -1.46. The van der Waals surface area contributed by atoms with E-state index in [9.17, 15) is 0 Å². The molecule has 0 aliphatic heterocycles. The Morgan fingerprint density at radius 2 is 2.17 bits per heavy atom. The normalized spacial score (nSPS) is 10.3. The predicted octanol–water partition coefficient (Wildman–Crippen LogP) is 3.81. The van der Waals surface area contributed by atoms with Gasteiger partial charge in [0.15, 0.2) is 0 Å². The highest BCUT2D eigenvalue weighted by molar-refractivity contribution is 8.00. The molecule has 2 aromatic rings. The van der Waals surface area contributed by atoms with Gasteiger partial charge in [0.25, 0.3) is 0 Å². The molecule has 0 atom stereocenters. The van der Waals surface area contributed by atoms with Gasteiger partial charge in [-0.1, -0.05) is 12.1 Å². The Bertz CT molecular complexity index is 575. The zero-order valence-electron chi connectivity index (χ0n) is 10.3. The molecule has 1 aromatic carbocycles. The van der Waals surface area contributed by atoms with E-state index in [1.165, 1.54) is 5.56 Å². The SMILES string of the molecule is CSc1sc(C(=N)N)cc1Nc1cccc(C)c1. The van der Waals surface area contributed by atoms with Crippen LogP contribution < -0.4 is 11.1 Å². The number of nitrogens with one attached hydrogen (secondary N) is 2. The number of anilines is 2. The molecular formula is C13H15N3S2. The second-order valence-electron chi connectivity index (χ2n) is 3.92. The summed E-state index contributed by atoms with van der Waals surface area (Å²) in [4.78, 5) is 0.800. The van der Waals surface area contributed by atoms with E-state index in [0.29, 0.717) is 0 Å². The van der Waals surface area contributed by atoms with Crippen LogP contribution in [0.2, 0.25) is 0 Å². The number of thioether (sulfide) groups is 1. The molecule has 0 spiro atoms. The molecule has 4 N–H and O–H groups in total. The lowest BCUT2D eigenvalue weighted by atomic mass is 10.2. The van der Waals surface area contributed by atoms with Crippen molar-refractivity contribution in [1.82, 2.24) is 0 Å². The standard InChI is InChI=1S/C13H15N3S2/c1-8-4-3-5-9(6-8)16-10-7-11(12(14)15)18-13(10)17-2/h3-7,16H,1-2H3,(H3,14,15). The molecule has 3 nitrogen and oxygen atoms in total. The summed E-state index contributed by atoms with van der Waals surface area (Å²) in [6.45, 7) is 2.06. The zero-order valence-corrected chi connectivity index (χ0v) is 11.9. The molecular weight excluding hydrogens is 262 g/mol. The molecule has 0 unspecified atom stereocenters. The number of aryl methyl sites for hydroxylation is 1. The molecule has 94 valence electrons. The molecule has 1 aromatic heterocycles. The number of nitrogen functional groups attached to an aromatic ring is 1. The lowest BCUT2D eigenvalue weighted by Gasteiger charge is -2.06. The fourth-order valence-corrected chi connectivity index (χ4v) is 3.26. The second kappa shape index (κ2) is 5.46. The molecule has 18 heavy (non-hydrogen) atoms. The van der Waals surface area contributed by atoms with Gasteiger partial charge in [-0.25, -0.2) is 0 Å². The van der Waals surface area contributed by atoms with Gasteiger partial charge >= 0.3 is 0 Å². The van der Waals surface area contributed by atoms with Crippen molar-refractivity contribution in [2.75, 3.05) is 11.6 Å². The summed E-state index contributed by atoms with van der Waals surface area (Å²) >= 11 is 3.20. The lowest BCUT2D eigenvalue weighted by molar-refractivity contribution is 1.44. The van der Waals surface area contributed by atoms with Crippen LogP contribution in [0.1, 0.15) is 10.4 Å². The molecule has 0 fully saturated rings. The molecule has 0 saturated heterocycles. The Morgan fingerprint density at radius 1 is 1.39 bits per heavy atom. The quantitative estimate of drug-likeness (QED) is 0.452. The minimum absolute atomic E-state index is 0.118. The van der Waals surface area contributed by atoms with Gasteiger partial charge in [0.05, 0.1) is 14.8 Å². The third kappa shape index (κ3) is 2.86. The smallest absolute Gasteiger partial charge is 0.133 e. The van der Waals surface area contributed by atoms with E-state index in [0.717, 1.165) is 20.5 Å². The molecule has 5 heteroatoms. The highest BCUT2D eigenvalue weighted by Crippen LogP contribution is 2.36. The molecule has 0 radical (unpaired) electrons. The summed E-state index contributed by atoms with van der Waals surface area (Å²) in [5.74, 6) is 0.118. The van der Waals surface area contributed by atoms with Crippen molar-refractivity contribution in [3.63, 3.8) is 0 Å². The predicted molar refractivity (Wildman–Crippen MR) is 81.6 cm³/mol. The van der Waals surface area contributed by atoms with Gasteiger partial charge in [0, 0.05) is 5.69 Å². The van der Waals surface area contributed by atoms with Crippen molar-refractivity contribution in [2.24, 2.45) is 5.73 Å². The zero-order chi connectivity index (χ0) is 13.1. The summed E-state index contributed by atoms with van der Waals surface area (Å²) < 4.78 is 1.14. The minimum atomic E-state index is 0.118. The number of nitrogens with two attached hydrogens (primary N) is 1. The second-order valence-corrected chi connectivity index (χ2v) is 6.05. The summed E-state index contributed by atoms with van der Waals surface area (Å²) in [5.41, 5.74) is 8.81. The van der Waals surface area contributed by atoms with Crippen molar-refractivity contribution in [3.8, 4) is 0 Å². The highest BCUT2D eigenvalue weighted by Gasteiger charge is 2.10. The van der Waals surface area contributed by atoms with Gasteiger partial charge in [0.2, 0.25) is 0 Å². The average Bonchev–Trinajstić information content (AvgIpc) is 2.72. The number of rotatable bonds is 4. The summed E-state index contributed by atoms with van der Waals surface area (Å²) in [7, 11) is 0. The van der Waals surface area contributed by atoms with Crippen LogP contribution in [0.25, 0.3) is 0 Å². The molecule has 1 heterocycles. The average molecular weight is 277 g/mol. The molecule has 0 amide bonds. The lowest BCUT2D eigenvalue weighted by Crippen LogP contribution is -2.08. The maximum atomic E-state index is 7.49. The number of benzene rings is 1. The summed E-state index contributed by atoms with van der Waals surface area (Å²) in [5, 5.41) is 10.9. The van der Waals surface area contributed by atoms with Crippen LogP contribution in [0.5, 0.6) is 0 Å². The Labute approximate surface area is 115 Å². The van der Waals surface area contributed by atoms with Crippen LogP contribution in [0, 0.1) is 12.3 Å². The molecule has 0 bridgehead atoms. The Kier molecular flexibility index (Phi) is 3.93. The highest BCUT2D eigenvalue weighted by atomic mass is 32.2. The number of amidine groups is 1. The van der Waals surface area contributed by atoms with Crippen molar-refractivity contribution >= 4 is 40.3 Å². The first-order valence-electron chi connectivity index (χ1n) is 5.46. The van der Waals surface area contributed by atoms with Crippen LogP contribution in [0.3, 0.4) is 0 Å². The van der Waals surface area contributed by atoms with Crippen molar-refractivity contribution < 1.29 is 0 Å². The fraction of sp³-hybridized carbons (Fsp3) is 0.154. The maximum absolute atomic E-state index is 7.49. The van der Waals surface area contributed by atoms with Gasteiger partial charge < -0.3 is 11.1 Å². The van der Waals surface area contributed by atoms with Crippen molar-refractivity contribution in [1.29, 1.82) is 5.41 Å². The van der Waals surface area contributed by atoms with Gasteiger partial charge in [-0.05, 0) is 36.9 Å². The molecule has 2 rings (SSSR count). The number of hydrogen-bond acceptors (Lipinski definition) is 4. The van der Waals surface area contributed by atoms with Gasteiger partial charge in [0.1, 0.15) is 5.84 Å². The third-order valence-electron chi connectivity index (χ3n) is 2.45. The van der Waals surface area contributed by atoms with E-state index >= 15 is 0 Å². The molecule has 0 aliphatic carbocycles. The topological polar surface area (TPSA) is 61.9 Å². The van der Waals surface area contributed by atoms with Gasteiger partial charge in [-0.15, -0.1) is 23.1 Å². The first kappa shape index (κ1) is 13.0. The molecule has 0 aliphatic rings. The van der Waals surface area contributed by atoms with Gasteiger partial charge in [-0.2, -0.15) is 0 Å². The largest absolute Gasteiger partial charge is 0.383 e. The van der Waals surface area contributed by atoms with E-state index in [-0.39, 0.29) is 5.84 Å². The van der Waals surface area contributed by atoms with Crippen LogP contribution in [0.15, 0.2) is 34.5 Å².